The van der Waals surface area contributed by atoms with Crippen molar-refractivity contribution < 1.29 is 14.7 Å². The largest absolute Gasteiger partial charge is 0.481 e. The topological polar surface area (TPSA) is 57.6 Å². The second-order valence-corrected chi connectivity index (χ2v) is 5.96. The molecule has 1 N–H and O–H groups in total. The average molecular weight is 301 g/mol. The Balaban J connectivity index is 1.83. The molecule has 2 atom stereocenters. The fraction of sp³-hybridized carbons (Fsp3) is 0.250. The number of aliphatic carboxylic acids is 1. The lowest BCUT2D eigenvalue weighted by Gasteiger charge is -2.22. The van der Waals surface area contributed by atoms with Crippen molar-refractivity contribution >= 4 is 28.9 Å². The zero-order chi connectivity index (χ0) is 14.8. The van der Waals surface area contributed by atoms with Crippen LogP contribution in [0.25, 0.3) is 0 Å². The first-order valence-corrected chi connectivity index (χ1v) is 7.71. The van der Waals surface area contributed by atoms with Crippen molar-refractivity contribution in [2.45, 2.75) is 13.0 Å². The molecule has 2 aromatic rings. The SMILES string of the molecule is O=C(O)C1CC1C(=O)N(Cc1ccsc1)c1ccccc1. The molecular weight excluding hydrogens is 286 g/mol. The number of hydrogen-bond donors (Lipinski definition) is 1. The summed E-state index contributed by atoms with van der Waals surface area (Å²) in [5, 5.41) is 13.0. The number of carbonyl (C=O) groups is 2. The standard InChI is InChI=1S/C16H15NO3S/c18-15(13-8-14(13)16(19)20)17(9-11-6-7-21-10-11)12-4-2-1-3-5-12/h1-7,10,13-14H,8-9H2,(H,19,20). The summed E-state index contributed by atoms with van der Waals surface area (Å²) < 4.78 is 0. The quantitative estimate of drug-likeness (QED) is 0.923. The third-order valence-corrected chi connectivity index (χ3v) is 4.41. The van der Waals surface area contributed by atoms with Crippen LogP contribution in [-0.4, -0.2) is 17.0 Å². The van der Waals surface area contributed by atoms with E-state index in [4.69, 9.17) is 5.11 Å². The molecule has 108 valence electrons. The van der Waals surface area contributed by atoms with Gasteiger partial charge in [0.25, 0.3) is 0 Å². The highest BCUT2D eigenvalue weighted by Gasteiger charge is 2.50. The lowest BCUT2D eigenvalue weighted by Crippen LogP contribution is -2.32. The van der Waals surface area contributed by atoms with Gasteiger partial charge in [0.1, 0.15) is 0 Å². The number of carboxylic acids is 1. The van der Waals surface area contributed by atoms with Gasteiger partial charge in [-0.1, -0.05) is 18.2 Å². The van der Waals surface area contributed by atoms with Crippen molar-refractivity contribution in [1.82, 2.24) is 0 Å². The van der Waals surface area contributed by atoms with E-state index in [-0.39, 0.29) is 11.8 Å². The van der Waals surface area contributed by atoms with Gasteiger partial charge in [0.05, 0.1) is 18.4 Å². The van der Waals surface area contributed by atoms with Crippen molar-refractivity contribution in [3.05, 3.63) is 52.7 Å². The molecule has 0 aliphatic heterocycles. The van der Waals surface area contributed by atoms with E-state index in [2.05, 4.69) is 0 Å². The fourth-order valence-electron chi connectivity index (χ4n) is 2.41. The molecule has 1 aromatic carbocycles. The minimum Gasteiger partial charge on any atom is -0.481 e. The van der Waals surface area contributed by atoms with Gasteiger partial charge in [-0.25, -0.2) is 0 Å². The molecule has 5 heteroatoms. The molecule has 1 aliphatic carbocycles. The highest BCUT2D eigenvalue weighted by atomic mass is 32.1. The Morgan fingerprint density at radius 3 is 2.52 bits per heavy atom. The fourth-order valence-corrected chi connectivity index (χ4v) is 3.07. The number of carboxylic acid groups (broad SMARTS) is 1. The third kappa shape index (κ3) is 2.97. The van der Waals surface area contributed by atoms with Crippen molar-refractivity contribution in [1.29, 1.82) is 0 Å². The van der Waals surface area contributed by atoms with Crippen LogP contribution in [0.15, 0.2) is 47.2 Å². The molecule has 4 nitrogen and oxygen atoms in total. The number of nitrogens with zero attached hydrogens (tertiary/aromatic N) is 1. The smallest absolute Gasteiger partial charge is 0.307 e. The summed E-state index contributed by atoms with van der Waals surface area (Å²) in [5.41, 5.74) is 1.87. The van der Waals surface area contributed by atoms with Gasteiger partial charge in [0.2, 0.25) is 5.91 Å². The second kappa shape index (κ2) is 5.69. The van der Waals surface area contributed by atoms with E-state index in [1.165, 1.54) is 0 Å². The molecular formula is C16H15NO3S. The first-order chi connectivity index (χ1) is 10.2. The van der Waals surface area contributed by atoms with Gasteiger partial charge in [-0.05, 0) is 40.9 Å². The molecule has 0 saturated heterocycles. The lowest BCUT2D eigenvalue weighted by molar-refractivity contribution is -0.140. The van der Waals surface area contributed by atoms with Crippen molar-refractivity contribution in [3.8, 4) is 0 Å². The Hall–Kier alpha value is -2.14. The predicted octanol–water partition coefficient (Wildman–Crippen LogP) is 3.00. The molecule has 1 aliphatic rings. The zero-order valence-electron chi connectivity index (χ0n) is 11.3. The van der Waals surface area contributed by atoms with Gasteiger partial charge in [0.15, 0.2) is 0 Å². The number of para-hydroxylation sites is 1. The van der Waals surface area contributed by atoms with Gasteiger partial charge in [-0.2, -0.15) is 11.3 Å². The number of carbonyl (C=O) groups excluding carboxylic acids is 1. The number of benzene rings is 1. The summed E-state index contributed by atoms with van der Waals surface area (Å²) in [6.07, 6.45) is 0.446. The summed E-state index contributed by atoms with van der Waals surface area (Å²) >= 11 is 1.59. The van der Waals surface area contributed by atoms with Crippen LogP contribution in [0.4, 0.5) is 5.69 Å². The average Bonchev–Trinajstić information content (AvgIpc) is 3.15. The molecule has 1 saturated carbocycles. The van der Waals surface area contributed by atoms with Crippen LogP contribution in [0.5, 0.6) is 0 Å². The maximum absolute atomic E-state index is 12.6. The highest BCUT2D eigenvalue weighted by molar-refractivity contribution is 7.07. The van der Waals surface area contributed by atoms with Crippen LogP contribution in [-0.2, 0) is 16.1 Å². The minimum atomic E-state index is -0.878. The summed E-state index contributed by atoms with van der Waals surface area (Å²) in [6.45, 7) is 0.481. The van der Waals surface area contributed by atoms with Crippen molar-refractivity contribution in [3.63, 3.8) is 0 Å². The van der Waals surface area contributed by atoms with Crippen LogP contribution < -0.4 is 4.90 Å². The second-order valence-electron chi connectivity index (χ2n) is 5.18. The number of rotatable bonds is 5. The Morgan fingerprint density at radius 2 is 1.95 bits per heavy atom. The Kier molecular flexibility index (Phi) is 3.75. The van der Waals surface area contributed by atoms with Crippen molar-refractivity contribution in [2.24, 2.45) is 11.8 Å². The molecule has 21 heavy (non-hydrogen) atoms. The van der Waals surface area contributed by atoms with E-state index in [1.807, 2.05) is 47.2 Å². The zero-order valence-corrected chi connectivity index (χ0v) is 12.1. The molecule has 1 aromatic heterocycles. The monoisotopic (exact) mass is 301 g/mol. The lowest BCUT2D eigenvalue weighted by atomic mass is 10.2. The normalized spacial score (nSPS) is 20.0. The van der Waals surface area contributed by atoms with Gasteiger partial charge >= 0.3 is 5.97 Å². The van der Waals surface area contributed by atoms with Gasteiger partial charge in [0, 0.05) is 5.69 Å². The van der Waals surface area contributed by atoms with Gasteiger partial charge in [-0.15, -0.1) is 0 Å². The Morgan fingerprint density at radius 1 is 1.19 bits per heavy atom. The molecule has 2 unspecified atom stereocenters. The molecule has 1 heterocycles. The minimum absolute atomic E-state index is 0.0974. The summed E-state index contributed by atoms with van der Waals surface area (Å²) in [7, 11) is 0. The number of thiophene rings is 1. The van der Waals surface area contributed by atoms with Crippen LogP contribution in [0, 0.1) is 11.8 Å². The van der Waals surface area contributed by atoms with E-state index in [0.717, 1.165) is 11.3 Å². The van der Waals surface area contributed by atoms with E-state index < -0.39 is 11.9 Å². The number of amides is 1. The summed E-state index contributed by atoms with van der Waals surface area (Å²) in [6, 6.07) is 11.4. The van der Waals surface area contributed by atoms with Crippen molar-refractivity contribution in [2.75, 3.05) is 4.90 Å². The van der Waals surface area contributed by atoms with Crippen LogP contribution in [0.2, 0.25) is 0 Å². The number of hydrogen-bond acceptors (Lipinski definition) is 3. The predicted molar refractivity (Wildman–Crippen MR) is 81.2 cm³/mol. The molecule has 1 fully saturated rings. The summed E-state index contributed by atoms with van der Waals surface area (Å²) in [5.74, 6) is -1.88. The molecule has 0 radical (unpaired) electrons. The first kappa shape index (κ1) is 13.8. The summed E-state index contributed by atoms with van der Waals surface area (Å²) in [4.78, 5) is 25.3. The Labute approximate surface area is 126 Å². The van der Waals surface area contributed by atoms with Crippen LogP contribution in [0.1, 0.15) is 12.0 Å². The van der Waals surface area contributed by atoms with Crippen LogP contribution in [0.3, 0.4) is 0 Å². The molecule has 1 amide bonds. The van der Waals surface area contributed by atoms with Crippen LogP contribution >= 0.6 is 11.3 Å². The molecule has 0 bridgehead atoms. The maximum atomic E-state index is 12.6. The van der Waals surface area contributed by atoms with E-state index in [9.17, 15) is 9.59 Å². The third-order valence-electron chi connectivity index (χ3n) is 3.68. The Bertz CT molecular complexity index is 639. The maximum Gasteiger partial charge on any atom is 0.307 e. The molecule has 3 rings (SSSR count). The first-order valence-electron chi connectivity index (χ1n) is 6.77. The number of anilines is 1. The van der Waals surface area contributed by atoms with E-state index in [0.29, 0.717) is 13.0 Å². The van der Waals surface area contributed by atoms with Gasteiger partial charge in [-0.3, -0.25) is 9.59 Å². The van der Waals surface area contributed by atoms with E-state index in [1.54, 1.807) is 16.2 Å². The van der Waals surface area contributed by atoms with Gasteiger partial charge < -0.3 is 10.0 Å². The molecule has 0 spiro atoms. The van der Waals surface area contributed by atoms with E-state index >= 15 is 0 Å². The highest BCUT2D eigenvalue weighted by Crippen LogP contribution is 2.41.